The maximum atomic E-state index is 14.2. The normalized spacial score (nSPS) is 17.2. The summed E-state index contributed by atoms with van der Waals surface area (Å²) in [5.74, 6) is 3.21. The van der Waals surface area contributed by atoms with Gasteiger partial charge in [-0.3, -0.25) is 14.4 Å². The number of likely N-dealkylation sites (N-methyl/N-ethyl adjacent to an activating group) is 2. The molecule has 1 aliphatic rings. The Morgan fingerprint density at radius 2 is 1.85 bits per heavy atom. The van der Waals surface area contributed by atoms with Crippen LogP contribution in [0, 0.1) is 17.7 Å². The van der Waals surface area contributed by atoms with Gasteiger partial charge in [0.05, 0.1) is 6.61 Å². The second kappa shape index (κ2) is 13.4. The number of ether oxygens (including phenoxy) is 2. The van der Waals surface area contributed by atoms with Gasteiger partial charge in [-0.15, -0.1) is 0 Å². The molecule has 2 unspecified atom stereocenters. The second-order valence-corrected chi connectivity index (χ2v) is 9.31. The Labute approximate surface area is 226 Å². The number of rotatable bonds is 9. The highest BCUT2D eigenvalue weighted by Crippen LogP contribution is 2.22. The summed E-state index contributed by atoms with van der Waals surface area (Å²) in [7, 11) is 2.77. The third kappa shape index (κ3) is 7.07. The van der Waals surface area contributed by atoms with E-state index in [1.165, 1.54) is 45.3 Å². The van der Waals surface area contributed by atoms with E-state index >= 15 is 0 Å². The molecule has 3 atom stereocenters. The van der Waals surface area contributed by atoms with Crippen molar-refractivity contribution in [1.82, 2.24) is 10.2 Å². The van der Waals surface area contributed by atoms with Gasteiger partial charge in [-0.2, -0.15) is 0 Å². The predicted molar refractivity (Wildman–Crippen MR) is 140 cm³/mol. The van der Waals surface area contributed by atoms with Crippen molar-refractivity contribution in [3.63, 3.8) is 0 Å². The molecule has 1 saturated heterocycles. The first-order valence-electron chi connectivity index (χ1n) is 12.6. The molecule has 3 N–H and O–H groups in total. The molecule has 2 aromatic rings. The smallest absolute Gasteiger partial charge is 0.254 e. The van der Waals surface area contributed by atoms with Crippen LogP contribution in [0.25, 0.3) is 0 Å². The summed E-state index contributed by atoms with van der Waals surface area (Å²) in [5.41, 5.74) is -0.706. The monoisotopic (exact) mass is 540 g/mol. The molecule has 10 heteroatoms. The maximum absolute atomic E-state index is 14.2. The van der Waals surface area contributed by atoms with Crippen molar-refractivity contribution >= 4 is 17.6 Å². The second-order valence-electron chi connectivity index (χ2n) is 9.31. The van der Waals surface area contributed by atoms with E-state index in [1.807, 2.05) is 0 Å². The van der Waals surface area contributed by atoms with Crippen molar-refractivity contribution < 1.29 is 38.5 Å². The number of hydrogen-bond donors (Lipinski definition) is 3. The Kier molecular flexibility index (Phi) is 10.3. The minimum atomic E-state index is -1.82. The number of Topliss-reactive ketones (excluding diaryl/α,β-unsaturated/α-hetero) is 1. The van der Waals surface area contributed by atoms with Crippen LogP contribution in [0.5, 0.6) is 0 Å². The number of benzene rings is 2. The zero-order chi connectivity index (χ0) is 28.6. The van der Waals surface area contributed by atoms with Gasteiger partial charge in [-0.05, 0) is 62.6 Å². The van der Waals surface area contributed by atoms with Crippen LogP contribution < -0.4 is 5.32 Å². The molecule has 2 aromatic carbocycles. The first kappa shape index (κ1) is 29.9. The van der Waals surface area contributed by atoms with Crippen LogP contribution in [0.3, 0.4) is 0 Å². The lowest BCUT2D eigenvalue weighted by molar-refractivity contribution is -0.174. The summed E-state index contributed by atoms with van der Waals surface area (Å²) < 4.78 is 25.2. The number of nitrogens with zero attached hydrogens (tertiary/aromatic N) is 1. The quantitative estimate of drug-likeness (QED) is 0.328. The summed E-state index contributed by atoms with van der Waals surface area (Å²) in [4.78, 5) is 40.3. The summed E-state index contributed by atoms with van der Waals surface area (Å²) in [6.07, 6.45) is 0.665. The minimum Gasteiger partial charge on any atom is -0.393 e. The van der Waals surface area contributed by atoms with Gasteiger partial charge >= 0.3 is 0 Å². The number of carbonyl (C=O) groups is 3. The maximum Gasteiger partial charge on any atom is 0.254 e. The van der Waals surface area contributed by atoms with Crippen molar-refractivity contribution in [2.45, 2.75) is 44.1 Å². The number of aliphatic hydroxyl groups is 2. The third-order valence-corrected chi connectivity index (χ3v) is 6.74. The predicted octanol–water partition coefficient (Wildman–Crippen LogP) is 1.94. The highest BCUT2D eigenvalue weighted by molar-refractivity contribution is 6.14. The number of carbonyl (C=O) groups excluding carboxylic acids is 3. The SMILES string of the molecule is CNC(=O)[C@@](C)(C(=O)COC1CCCCO1)N(C)C(=O)c1ccc(C#Cc2ccc(C(O)CO)c(F)c2)cc1. The fraction of sp³-hybridized carbons (Fsp3) is 0.414. The van der Waals surface area contributed by atoms with Gasteiger partial charge < -0.3 is 29.9 Å². The van der Waals surface area contributed by atoms with Crippen LogP contribution >= 0.6 is 0 Å². The zero-order valence-electron chi connectivity index (χ0n) is 22.2. The van der Waals surface area contributed by atoms with Gasteiger partial charge in [0.25, 0.3) is 11.8 Å². The highest BCUT2D eigenvalue weighted by atomic mass is 19.1. The average Bonchev–Trinajstić information content (AvgIpc) is 2.97. The van der Waals surface area contributed by atoms with E-state index in [9.17, 15) is 23.9 Å². The van der Waals surface area contributed by atoms with E-state index in [0.29, 0.717) is 24.2 Å². The summed E-state index contributed by atoms with van der Waals surface area (Å²) in [5, 5.41) is 21.1. The first-order chi connectivity index (χ1) is 18.6. The van der Waals surface area contributed by atoms with E-state index < -0.39 is 48.0 Å². The molecule has 0 spiro atoms. The number of hydrogen-bond acceptors (Lipinski definition) is 7. The summed E-state index contributed by atoms with van der Waals surface area (Å²) in [6.45, 7) is 0.937. The average molecular weight is 541 g/mol. The molecule has 0 aliphatic carbocycles. The molecule has 1 heterocycles. The molecular formula is C29H33FN2O7. The number of aliphatic hydroxyl groups excluding tert-OH is 2. The molecule has 3 rings (SSSR count). The molecular weight excluding hydrogens is 507 g/mol. The Bertz CT molecular complexity index is 1250. The Morgan fingerprint density at radius 3 is 2.44 bits per heavy atom. The Balaban J connectivity index is 1.73. The van der Waals surface area contributed by atoms with Crippen molar-refractivity contribution in [3.05, 3.63) is 70.5 Å². The largest absolute Gasteiger partial charge is 0.393 e. The molecule has 0 aromatic heterocycles. The molecule has 2 amide bonds. The van der Waals surface area contributed by atoms with Crippen molar-refractivity contribution in [1.29, 1.82) is 0 Å². The lowest BCUT2D eigenvalue weighted by Crippen LogP contribution is -2.62. The van der Waals surface area contributed by atoms with Crippen LogP contribution in [0.15, 0.2) is 42.5 Å². The number of nitrogens with one attached hydrogen (secondary N) is 1. The number of ketones is 1. The molecule has 1 fully saturated rings. The molecule has 1 aliphatic heterocycles. The van der Waals surface area contributed by atoms with Crippen molar-refractivity contribution in [3.8, 4) is 11.8 Å². The fourth-order valence-corrected chi connectivity index (χ4v) is 4.07. The van der Waals surface area contributed by atoms with Gasteiger partial charge in [-0.25, -0.2) is 4.39 Å². The van der Waals surface area contributed by atoms with Crippen LogP contribution in [-0.2, 0) is 19.1 Å². The molecule has 0 saturated carbocycles. The number of halogens is 1. The van der Waals surface area contributed by atoms with Crippen molar-refractivity contribution in [2.75, 3.05) is 33.9 Å². The van der Waals surface area contributed by atoms with Gasteiger partial charge in [0, 0.05) is 43.0 Å². The Hall–Kier alpha value is -3.62. The van der Waals surface area contributed by atoms with Gasteiger partial charge in [0.15, 0.2) is 17.6 Å². The standard InChI is InChI=1S/C29H33FN2O7/c1-29(28(37)31-2,25(35)18-39-26-6-4-5-15-38-26)32(3)27(36)21-12-9-19(10-13-21)7-8-20-11-14-22(23(30)16-20)24(34)17-33/h9-14,16,24,26,33-34H,4-6,15,17-18H2,1-3H3,(H,31,37)/t24?,26?,29-/m1/s1. The van der Waals surface area contributed by atoms with E-state index in [2.05, 4.69) is 17.2 Å². The topological polar surface area (TPSA) is 125 Å². The third-order valence-electron chi connectivity index (χ3n) is 6.74. The minimum absolute atomic E-state index is 0.0221. The molecule has 0 radical (unpaired) electrons. The highest BCUT2D eigenvalue weighted by Gasteiger charge is 2.46. The molecule has 208 valence electrons. The van der Waals surface area contributed by atoms with Gasteiger partial charge in [0.2, 0.25) is 0 Å². The van der Waals surface area contributed by atoms with Crippen LogP contribution in [0.4, 0.5) is 4.39 Å². The number of amides is 2. The van der Waals surface area contributed by atoms with Crippen LogP contribution in [0.1, 0.15) is 59.3 Å². The van der Waals surface area contributed by atoms with E-state index in [-0.39, 0.29) is 17.7 Å². The zero-order valence-corrected chi connectivity index (χ0v) is 22.2. The molecule has 0 bridgehead atoms. The molecule has 39 heavy (non-hydrogen) atoms. The summed E-state index contributed by atoms with van der Waals surface area (Å²) >= 11 is 0. The lowest BCUT2D eigenvalue weighted by Gasteiger charge is -2.36. The van der Waals surface area contributed by atoms with Gasteiger partial charge in [-0.1, -0.05) is 17.9 Å². The Morgan fingerprint density at radius 1 is 1.18 bits per heavy atom. The van der Waals surface area contributed by atoms with Crippen molar-refractivity contribution in [2.24, 2.45) is 0 Å². The fourth-order valence-electron chi connectivity index (χ4n) is 4.07. The lowest BCUT2D eigenvalue weighted by atomic mass is 9.92. The van der Waals surface area contributed by atoms with Crippen LogP contribution in [-0.4, -0.2) is 78.5 Å². The van der Waals surface area contributed by atoms with E-state index in [4.69, 9.17) is 14.6 Å². The van der Waals surface area contributed by atoms with E-state index in [0.717, 1.165) is 23.8 Å². The summed E-state index contributed by atoms with van der Waals surface area (Å²) in [6, 6.07) is 10.3. The van der Waals surface area contributed by atoms with Gasteiger partial charge in [0.1, 0.15) is 18.5 Å². The first-order valence-corrected chi connectivity index (χ1v) is 12.6. The molecule has 9 nitrogen and oxygen atoms in total. The van der Waals surface area contributed by atoms with Crippen LogP contribution in [0.2, 0.25) is 0 Å². The van der Waals surface area contributed by atoms with E-state index in [1.54, 1.807) is 12.1 Å².